The molecule has 2 nitrogen and oxygen atoms in total. The number of nitrogens with two attached hydrogens (primary N) is 1. The molecule has 104 valence electrons. The van der Waals surface area contributed by atoms with E-state index in [-0.39, 0.29) is 12.4 Å². The average Bonchev–Trinajstić information content (AvgIpc) is 2.46. The van der Waals surface area contributed by atoms with Crippen molar-refractivity contribution in [1.29, 1.82) is 0 Å². The molecule has 1 aliphatic heterocycles. The summed E-state index contributed by atoms with van der Waals surface area (Å²) in [4.78, 5) is 2.20. The highest BCUT2D eigenvalue weighted by Crippen LogP contribution is 2.37. The molecule has 3 rings (SSSR count). The molecule has 0 saturated heterocycles. The molecular formula is C17H19FN2. The lowest BCUT2D eigenvalue weighted by molar-refractivity contribution is 0.558. The number of hydrogen-bond acceptors (Lipinski definition) is 2. The van der Waals surface area contributed by atoms with Gasteiger partial charge >= 0.3 is 0 Å². The van der Waals surface area contributed by atoms with E-state index >= 15 is 0 Å². The lowest BCUT2D eigenvalue weighted by atomic mass is 9.93. The molecule has 0 spiro atoms. The Morgan fingerprint density at radius 2 is 1.90 bits per heavy atom. The van der Waals surface area contributed by atoms with Gasteiger partial charge in [-0.25, -0.2) is 4.39 Å². The van der Waals surface area contributed by atoms with Crippen LogP contribution in [0.25, 0.3) is 0 Å². The predicted octanol–water partition coefficient (Wildman–Crippen LogP) is 3.61. The molecule has 0 bridgehead atoms. The molecule has 0 amide bonds. The molecule has 1 atom stereocenters. The van der Waals surface area contributed by atoms with Gasteiger partial charge in [-0.15, -0.1) is 0 Å². The van der Waals surface area contributed by atoms with Gasteiger partial charge in [0, 0.05) is 30.0 Å². The number of rotatable bonds is 2. The van der Waals surface area contributed by atoms with E-state index in [1.807, 2.05) is 12.1 Å². The van der Waals surface area contributed by atoms with Crippen molar-refractivity contribution >= 4 is 11.4 Å². The second kappa shape index (κ2) is 5.25. The van der Waals surface area contributed by atoms with Gasteiger partial charge in [-0.2, -0.15) is 0 Å². The minimum atomic E-state index is -0.222. The first-order chi connectivity index (χ1) is 9.70. The van der Waals surface area contributed by atoms with Crippen molar-refractivity contribution in [2.45, 2.75) is 19.9 Å². The number of hydrogen-bond donors (Lipinski definition) is 1. The van der Waals surface area contributed by atoms with Gasteiger partial charge in [0.2, 0.25) is 0 Å². The first-order valence-corrected chi connectivity index (χ1v) is 7.03. The fourth-order valence-electron chi connectivity index (χ4n) is 3.03. The van der Waals surface area contributed by atoms with E-state index in [2.05, 4.69) is 30.0 Å². The lowest BCUT2D eigenvalue weighted by Crippen LogP contribution is -2.31. The topological polar surface area (TPSA) is 29.3 Å². The van der Waals surface area contributed by atoms with Crippen LogP contribution in [0.4, 0.5) is 15.8 Å². The largest absolute Gasteiger partial charge is 0.341 e. The van der Waals surface area contributed by atoms with Gasteiger partial charge in [0.1, 0.15) is 5.82 Å². The highest BCUT2D eigenvalue weighted by Gasteiger charge is 2.24. The average molecular weight is 270 g/mol. The van der Waals surface area contributed by atoms with Crippen molar-refractivity contribution in [1.82, 2.24) is 0 Å². The highest BCUT2D eigenvalue weighted by molar-refractivity contribution is 5.70. The van der Waals surface area contributed by atoms with Gasteiger partial charge in [-0.3, -0.25) is 0 Å². The van der Waals surface area contributed by atoms with Crippen LogP contribution < -0.4 is 10.6 Å². The number of nitrogens with zero attached hydrogens (tertiary/aromatic N) is 1. The van der Waals surface area contributed by atoms with Crippen LogP contribution in [-0.2, 0) is 13.0 Å². The molecule has 1 unspecified atom stereocenters. The number of para-hydroxylation sites is 1. The summed E-state index contributed by atoms with van der Waals surface area (Å²) in [6.07, 6.45) is 1.07. The quantitative estimate of drug-likeness (QED) is 0.903. The molecule has 0 aliphatic carbocycles. The smallest absolute Gasteiger partial charge is 0.129 e. The molecule has 0 radical (unpaired) electrons. The zero-order chi connectivity index (χ0) is 14.1. The molecule has 2 N–H and O–H groups in total. The molecule has 0 fully saturated rings. The Balaban J connectivity index is 2.13. The molecule has 3 heteroatoms. The third-order valence-corrected chi connectivity index (χ3v) is 3.93. The minimum absolute atomic E-state index is 0.217. The summed E-state index contributed by atoms with van der Waals surface area (Å²) in [6, 6.07) is 13.5. The van der Waals surface area contributed by atoms with Crippen LogP contribution in [0.15, 0.2) is 42.5 Å². The zero-order valence-corrected chi connectivity index (χ0v) is 11.6. The van der Waals surface area contributed by atoms with Crippen molar-refractivity contribution in [3.63, 3.8) is 0 Å². The van der Waals surface area contributed by atoms with Gasteiger partial charge in [0.15, 0.2) is 0 Å². The summed E-state index contributed by atoms with van der Waals surface area (Å²) in [6.45, 7) is 3.34. The van der Waals surface area contributed by atoms with Crippen molar-refractivity contribution < 1.29 is 4.39 Å². The van der Waals surface area contributed by atoms with E-state index in [9.17, 15) is 4.39 Å². The molecule has 1 heterocycles. The Morgan fingerprint density at radius 1 is 1.15 bits per heavy atom. The molecule has 2 aromatic rings. The predicted molar refractivity (Wildman–Crippen MR) is 80.6 cm³/mol. The third kappa shape index (κ3) is 2.18. The normalized spacial score (nSPS) is 17.9. The van der Waals surface area contributed by atoms with E-state index in [1.165, 1.54) is 17.3 Å². The van der Waals surface area contributed by atoms with E-state index in [4.69, 9.17) is 5.73 Å². The van der Waals surface area contributed by atoms with Gasteiger partial charge in [-0.05, 0) is 36.1 Å². The van der Waals surface area contributed by atoms with Crippen molar-refractivity contribution in [2.24, 2.45) is 11.7 Å². The Hall–Kier alpha value is -1.87. The van der Waals surface area contributed by atoms with E-state index < -0.39 is 0 Å². The zero-order valence-electron chi connectivity index (χ0n) is 11.6. The third-order valence-electron chi connectivity index (χ3n) is 3.93. The summed E-state index contributed by atoms with van der Waals surface area (Å²) < 4.78 is 14.0. The number of anilines is 2. The van der Waals surface area contributed by atoms with Crippen LogP contribution in [-0.4, -0.2) is 6.54 Å². The fraction of sp³-hybridized carbons (Fsp3) is 0.294. The van der Waals surface area contributed by atoms with E-state index in [0.717, 1.165) is 18.7 Å². The van der Waals surface area contributed by atoms with Crippen LogP contribution >= 0.6 is 0 Å². The maximum absolute atomic E-state index is 14.0. The van der Waals surface area contributed by atoms with Crippen LogP contribution in [0.5, 0.6) is 0 Å². The van der Waals surface area contributed by atoms with Gasteiger partial charge in [-0.1, -0.05) is 31.2 Å². The standard InChI is InChI=1S/C17H19FN2/c1-12-9-13-5-2-3-7-16(13)20(11-12)17-8-4-6-15(18)14(17)10-19/h2-8,12H,9-11,19H2,1H3. The van der Waals surface area contributed by atoms with E-state index in [1.54, 1.807) is 6.07 Å². The second-order valence-corrected chi connectivity index (χ2v) is 5.49. The lowest BCUT2D eigenvalue weighted by Gasteiger charge is -2.36. The van der Waals surface area contributed by atoms with Crippen molar-refractivity contribution in [2.75, 3.05) is 11.4 Å². The maximum Gasteiger partial charge on any atom is 0.129 e. The molecule has 0 aromatic heterocycles. The highest BCUT2D eigenvalue weighted by atomic mass is 19.1. The Labute approximate surface area is 119 Å². The second-order valence-electron chi connectivity index (χ2n) is 5.49. The Bertz CT molecular complexity index is 624. The molecule has 1 aliphatic rings. The Kier molecular flexibility index (Phi) is 3.45. The first-order valence-electron chi connectivity index (χ1n) is 7.03. The van der Waals surface area contributed by atoms with Gasteiger partial charge < -0.3 is 10.6 Å². The molecule has 20 heavy (non-hydrogen) atoms. The maximum atomic E-state index is 14.0. The Morgan fingerprint density at radius 3 is 2.70 bits per heavy atom. The van der Waals surface area contributed by atoms with Gasteiger partial charge in [0.05, 0.1) is 0 Å². The SMILES string of the molecule is CC1Cc2ccccc2N(c2cccc(F)c2CN)C1. The van der Waals surface area contributed by atoms with E-state index in [0.29, 0.717) is 11.5 Å². The summed E-state index contributed by atoms with van der Waals surface area (Å²) in [5.74, 6) is 0.319. The fourth-order valence-corrected chi connectivity index (χ4v) is 3.03. The summed E-state index contributed by atoms with van der Waals surface area (Å²) >= 11 is 0. The van der Waals surface area contributed by atoms with Crippen LogP contribution in [0.1, 0.15) is 18.1 Å². The van der Waals surface area contributed by atoms with Crippen molar-refractivity contribution in [3.05, 3.63) is 59.4 Å². The number of halogens is 1. The monoisotopic (exact) mass is 270 g/mol. The van der Waals surface area contributed by atoms with Crippen LogP contribution in [0.2, 0.25) is 0 Å². The summed E-state index contributed by atoms with van der Waals surface area (Å²) in [5.41, 5.74) is 9.73. The van der Waals surface area contributed by atoms with Crippen LogP contribution in [0, 0.1) is 11.7 Å². The molecule has 2 aromatic carbocycles. The minimum Gasteiger partial charge on any atom is -0.341 e. The van der Waals surface area contributed by atoms with Gasteiger partial charge in [0.25, 0.3) is 0 Å². The number of fused-ring (bicyclic) bond motifs is 1. The van der Waals surface area contributed by atoms with Crippen molar-refractivity contribution in [3.8, 4) is 0 Å². The summed E-state index contributed by atoms with van der Waals surface area (Å²) in [7, 11) is 0. The summed E-state index contributed by atoms with van der Waals surface area (Å²) in [5, 5.41) is 0. The van der Waals surface area contributed by atoms with Crippen LogP contribution in [0.3, 0.4) is 0 Å². The molecular weight excluding hydrogens is 251 g/mol. The molecule has 0 saturated carbocycles. The first kappa shape index (κ1) is 13.1. The number of benzene rings is 2.